The van der Waals surface area contributed by atoms with E-state index in [0.717, 1.165) is 19.4 Å². The molecule has 1 heterocycles. The van der Waals surface area contributed by atoms with E-state index in [1.807, 2.05) is 0 Å². The summed E-state index contributed by atoms with van der Waals surface area (Å²) in [7, 11) is 1.63. The zero-order chi connectivity index (χ0) is 11.8. The summed E-state index contributed by atoms with van der Waals surface area (Å²) in [6, 6.07) is 0. The fourth-order valence-electron chi connectivity index (χ4n) is 1.85. The lowest BCUT2D eigenvalue weighted by molar-refractivity contribution is -0.134. The lowest BCUT2D eigenvalue weighted by Crippen LogP contribution is -2.39. The number of carbonyl (C=O) groups excluding carboxylic acids is 1. The van der Waals surface area contributed by atoms with Gasteiger partial charge in [0.15, 0.2) is 0 Å². The average molecular weight is 230 g/mol. The molecule has 5 heteroatoms. The van der Waals surface area contributed by atoms with Crippen LogP contribution in [0.2, 0.25) is 0 Å². The number of methoxy groups -OCH3 is 1. The van der Waals surface area contributed by atoms with Crippen molar-refractivity contribution in [3.05, 3.63) is 0 Å². The molecule has 1 amide bonds. The third kappa shape index (κ3) is 4.47. The second-order valence-electron chi connectivity index (χ2n) is 4.00. The Morgan fingerprint density at radius 1 is 1.56 bits per heavy atom. The number of nitrogens with two attached hydrogens (primary N) is 1. The molecule has 0 aromatic carbocycles. The molecule has 0 spiro atoms. The Morgan fingerprint density at radius 3 is 2.94 bits per heavy atom. The van der Waals surface area contributed by atoms with Crippen LogP contribution in [0.3, 0.4) is 0 Å². The molecule has 1 unspecified atom stereocenters. The van der Waals surface area contributed by atoms with Gasteiger partial charge in [-0.3, -0.25) is 4.79 Å². The van der Waals surface area contributed by atoms with Gasteiger partial charge in [0.05, 0.1) is 19.1 Å². The molecule has 1 fully saturated rings. The molecule has 0 aromatic rings. The van der Waals surface area contributed by atoms with E-state index in [2.05, 4.69) is 0 Å². The fraction of sp³-hybridized carbons (Fsp3) is 0.909. The molecule has 2 N–H and O–H groups in total. The summed E-state index contributed by atoms with van der Waals surface area (Å²) in [6.07, 6.45) is 2.64. The summed E-state index contributed by atoms with van der Waals surface area (Å²) in [4.78, 5) is 13.7. The highest BCUT2D eigenvalue weighted by Crippen LogP contribution is 2.16. The van der Waals surface area contributed by atoms with Crippen LogP contribution in [0.25, 0.3) is 0 Å². The smallest absolute Gasteiger partial charge is 0.225 e. The minimum atomic E-state index is 0.107. The molecule has 1 rings (SSSR count). The number of hydrogen-bond acceptors (Lipinski definition) is 4. The maximum atomic E-state index is 11.9. The summed E-state index contributed by atoms with van der Waals surface area (Å²) < 4.78 is 10.4. The van der Waals surface area contributed by atoms with Crippen molar-refractivity contribution < 1.29 is 14.3 Å². The van der Waals surface area contributed by atoms with E-state index in [1.54, 1.807) is 12.0 Å². The van der Waals surface area contributed by atoms with E-state index >= 15 is 0 Å². The zero-order valence-corrected chi connectivity index (χ0v) is 9.98. The molecule has 1 saturated heterocycles. The molecule has 1 aliphatic rings. The van der Waals surface area contributed by atoms with Gasteiger partial charge in [-0.1, -0.05) is 0 Å². The molecular weight excluding hydrogens is 208 g/mol. The largest absolute Gasteiger partial charge is 0.383 e. The number of rotatable bonds is 7. The first kappa shape index (κ1) is 13.4. The van der Waals surface area contributed by atoms with Crippen LogP contribution in [-0.4, -0.2) is 56.9 Å². The van der Waals surface area contributed by atoms with Gasteiger partial charge in [-0.25, -0.2) is 0 Å². The van der Waals surface area contributed by atoms with Crippen LogP contribution in [0, 0.1) is 0 Å². The van der Waals surface area contributed by atoms with E-state index in [9.17, 15) is 4.79 Å². The minimum Gasteiger partial charge on any atom is -0.383 e. The first-order valence-electron chi connectivity index (χ1n) is 5.86. The normalized spacial score (nSPS) is 20.0. The number of carbonyl (C=O) groups is 1. The molecule has 16 heavy (non-hydrogen) atoms. The maximum Gasteiger partial charge on any atom is 0.225 e. The van der Waals surface area contributed by atoms with E-state index in [-0.39, 0.29) is 12.0 Å². The lowest BCUT2D eigenvalue weighted by atomic mass is 10.1. The molecular formula is C11H22N2O3. The Balaban J connectivity index is 2.32. The predicted octanol–water partition coefficient (Wildman–Crippen LogP) is -0.0108. The van der Waals surface area contributed by atoms with Crippen molar-refractivity contribution in [1.82, 2.24) is 4.90 Å². The van der Waals surface area contributed by atoms with Crippen molar-refractivity contribution in [3.63, 3.8) is 0 Å². The number of ether oxygens (including phenoxy) is 2. The van der Waals surface area contributed by atoms with Crippen molar-refractivity contribution in [2.45, 2.75) is 25.4 Å². The van der Waals surface area contributed by atoms with Crippen molar-refractivity contribution in [2.24, 2.45) is 5.73 Å². The van der Waals surface area contributed by atoms with Crippen molar-refractivity contribution in [3.8, 4) is 0 Å². The zero-order valence-electron chi connectivity index (χ0n) is 9.98. The predicted molar refractivity (Wildman–Crippen MR) is 61.1 cm³/mol. The summed E-state index contributed by atoms with van der Waals surface area (Å²) in [6.45, 7) is 3.03. The molecule has 1 aliphatic heterocycles. The Bertz CT molecular complexity index is 205. The van der Waals surface area contributed by atoms with Crippen molar-refractivity contribution in [1.29, 1.82) is 0 Å². The topological polar surface area (TPSA) is 64.8 Å². The number of hydrogen-bond donors (Lipinski definition) is 1. The third-order valence-corrected chi connectivity index (χ3v) is 2.74. The van der Waals surface area contributed by atoms with Crippen LogP contribution in [0.1, 0.15) is 19.3 Å². The van der Waals surface area contributed by atoms with Crippen molar-refractivity contribution >= 4 is 5.91 Å². The molecule has 1 atom stereocenters. The van der Waals surface area contributed by atoms with Crippen LogP contribution in [0.4, 0.5) is 0 Å². The van der Waals surface area contributed by atoms with Gasteiger partial charge in [0.2, 0.25) is 5.91 Å². The molecule has 94 valence electrons. The summed E-state index contributed by atoms with van der Waals surface area (Å²) in [5.74, 6) is 0.120. The van der Waals surface area contributed by atoms with Gasteiger partial charge in [0.25, 0.3) is 0 Å². The Labute approximate surface area is 96.9 Å². The highest BCUT2D eigenvalue weighted by atomic mass is 16.5. The minimum absolute atomic E-state index is 0.107. The number of nitrogens with zero attached hydrogens (tertiary/aromatic N) is 1. The average Bonchev–Trinajstić information content (AvgIpc) is 2.76. The highest BCUT2D eigenvalue weighted by molar-refractivity contribution is 5.76. The molecule has 0 aromatic heterocycles. The molecule has 0 radical (unpaired) electrons. The van der Waals surface area contributed by atoms with Gasteiger partial charge in [0, 0.05) is 33.4 Å². The highest BCUT2D eigenvalue weighted by Gasteiger charge is 2.22. The summed E-state index contributed by atoms with van der Waals surface area (Å²) in [5, 5.41) is 0. The van der Waals surface area contributed by atoms with Crippen LogP contribution in [-0.2, 0) is 14.3 Å². The van der Waals surface area contributed by atoms with E-state index in [1.165, 1.54) is 0 Å². The van der Waals surface area contributed by atoms with Gasteiger partial charge in [-0.05, 0) is 12.8 Å². The first-order chi connectivity index (χ1) is 7.77. The van der Waals surface area contributed by atoms with Gasteiger partial charge in [0.1, 0.15) is 0 Å². The van der Waals surface area contributed by atoms with Gasteiger partial charge in [-0.15, -0.1) is 0 Å². The van der Waals surface area contributed by atoms with Gasteiger partial charge in [-0.2, -0.15) is 0 Å². The summed E-state index contributed by atoms with van der Waals surface area (Å²) in [5.41, 5.74) is 5.48. The van der Waals surface area contributed by atoms with Gasteiger partial charge >= 0.3 is 0 Å². The van der Waals surface area contributed by atoms with Crippen molar-refractivity contribution in [2.75, 3.05) is 40.0 Å². The molecule has 5 nitrogen and oxygen atoms in total. The van der Waals surface area contributed by atoms with Gasteiger partial charge < -0.3 is 20.1 Å². The van der Waals surface area contributed by atoms with Crippen LogP contribution < -0.4 is 5.73 Å². The van der Waals surface area contributed by atoms with E-state index in [0.29, 0.717) is 32.7 Å². The lowest BCUT2D eigenvalue weighted by Gasteiger charge is -2.23. The monoisotopic (exact) mass is 230 g/mol. The SMILES string of the molecule is COCCN(CCN)C(=O)CC1CCCO1. The van der Waals surface area contributed by atoms with E-state index in [4.69, 9.17) is 15.2 Å². The van der Waals surface area contributed by atoms with Crippen LogP contribution >= 0.6 is 0 Å². The quantitative estimate of drug-likeness (QED) is 0.668. The second-order valence-corrected chi connectivity index (χ2v) is 4.00. The summed E-state index contributed by atoms with van der Waals surface area (Å²) >= 11 is 0. The maximum absolute atomic E-state index is 11.9. The molecule has 0 aliphatic carbocycles. The third-order valence-electron chi connectivity index (χ3n) is 2.74. The van der Waals surface area contributed by atoms with Crippen LogP contribution in [0.5, 0.6) is 0 Å². The standard InChI is InChI=1S/C11H22N2O3/c1-15-8-6-13(5-4-12)11(14)9-10-3-2-7-16-10/h10H,2-9,12H2,1H3. The molecule has 0 bridgehead atoms. The van der Waals surface area contributed by atoms with Crippen LogP contribution in [0.15, 0.2) is 0 Å². The Kier molecular flexibility index (Phi) is 6.37. The Hall–Kier alpha value is -0.650. The van der Waals surface area contributed by atoms with E-state index < -0.39 is 0 Å². The first-order valence-corrected chi connectivity index (χ1v) is 5.86. The Morgan fingerprint density at radius 2 is 2.38 bits per heavy atom. The fourth-order valence-corrected chi connectivity index (χ4v) is 1.85. The molecule has 0 saturated carbocycles. The second kappa shape index (κ2) is 7.60. The number of amides is 1.